The summed E-state index contributed by atoms with van der Waals surface area (Å²) in [6.07, 6.45) is -1.93. The van der Waals surface area contributed by atoms with Gasteiger partial charge in [0.25, 0.3) is 11.7 Å². The summed E-state index contributed by atoms with van der Waals surface area (Å²) < 4.78 is 78.3. The number of imidazole rings is 1. The Morgan fingerprint density at radius 1 is 1.24 bits per heavy atom. The molecule has 1 aliphatic carbocycles. The second kappa shape index (κ2) is 12.7. The van der Waals surface area contributed by atoms with Crippen LogP contribution in [0.25, 0.3) is 5.78 Å². The van der Waals surface area contributed by atoms with Crippen LogP contribution in [0.4, 0.5) is 27.8 Å². The monoisotopic (exact) mass is 653 g/mol. The smallest absolute Gasteiger partial charge is 0.378 e. The fourth-order valence-electron chi connectivity index (χ4n) is 6.65. The maximum Gasteiger partial charge on any atom is 0.393 e. The van der Waals surface area contributed by atoms with Crippen molar-refractivity contribution in [1.29, 1.82) is 0 Å². The van der Waals surface area contributed by atoms with Gasteiger partial charge in [-0.2, -0.15) is 28.4 Å². The molecule has 2 aliphatic heterocycles. The number of amides is 2. The van der Waals surface area contributed by atoms with E-state index in [0.717, 1.165) is 0 Å². The quantitative estimate of drug-likeness (QED) is 0.354. The molecule has 5 heterocycles. The van der Waals surface area contributed by atoms with Crippen molar-refractivity contribution in [3.8, 4) is 0 Å². The number of fused-ring (bicyclic) bond motifs is 1. The molecule has 3 aliphatic rings. The van der Waals surface area contributed by atoms with Crippen LogP contribution in [0.2, 0.25) is 0 Å². The van der Waals surface area contributed by atoms with E-state index >= 15 is 0 Å². The first kappa shape index (κ1) is 32.1. The molecule has 2 N–H and O–H groups in total. The first-order valence-electron chi connectivity index (χ1n) is 15.6. The number of hydrogen-bond acceptors (Lipinski definition) is 8. The zero-order valence-electron chi connectivity index (χ0n) is 25.3. The average Bonchev–Trinajstić information content (AvgIpc) is 3.67. The number of piperidine rings is 1. The van der Waals surface area contributed by atoms with Crippen LogP contribution in [0.15, 0.2) is 18.5 Å². The summed E-state index contributed by atoms with van der Waals surface area (Å²) in [5.41, 5.74) is 0.851. The lowest BCUT2D eigenvalue weighted by molar-refractivity contribution is -0.183. The number of carbonyl (C=O) groups is 2. The topological polar surface area (TPSA) is 132 Å². The van der Waals surface area contributed by atoms with Crippen molar-refractivity contribution in [2.24, 2.45) is 17.8 Å². The second-order valence-corrected chi connectivity index (χ2v) is 12.2. The van der Waals surface area contributed by atoms with Crippen LogP contribution in [0.5, 0.6) is 0 Å². The number of nitrogens with one attached hydrogen (secondary N) is 2. The highest BCUT2D eigenvalue weighted by molar-refractivity contribution is 5.92. The van der Waals surface area contributed by atoms with E-state index in [0.29, 0.717) is 50.8 Å². The first-order chi connectivity index (χ1) is 21.9. The largest absolute Gasteiger partial charge is 0.393 e. The van der Waals surface area contributed by atoms with Crippen LogP contribution in [0, 0.1) is 17.8 Å². The molecule has 250 valence electrons. The highest BCUT2D eigenvalue weighted by Gasteiger charge is 2.45. The van der Waals surface area contributed by atoms with Gasteiger partial charge in [0.2, 0.25) is 11.8 Å². The number of alkyl halides is 5. The van der Waals surface area contributed by atoms with Crippen molar-refractivity contribution in [3.63, 3.8) is 0 Å². The number of anilines is 1. The van der Waals surface area contributed by atoms with Crippen LogP contribution < -0.4 is 15.5 Å². The molecule has 0 radical (unpaired) electrons. The molecule has 0 aromatic carbocycles. The van der Waals surface area contributed by atoms with Gasteiger partial charge in [0.15, 0.2) is 5.82 Å². The fraction of sp³-hybridized carbons (Fsp3) is 0.655. The Morgan fingerprint density at radius 3 is 2.74 bits per heavy atom. The number of ether oxygens (including phenoxy) is 1. The van der Waals surface area contributed by atoms with E-state index < -0.39 is 60.7 Å². The molecule has 2 saturated heterocycles. The van der Waals surface area contributed by atoms with Gasteiger partial charge in [-0.05, 0) is 38.2 Å². The third kappa shape index (κ3) is 6.78. The van der Waals surface area contributed by atoms with Crippen LogP contribution in [-0.4, -0.2) is 86.1 Å². The molecular formula is C29H36F5N9O3. The van der Waals surface area contributed by atoms with Gasteiger partial charge in [-0.25, -0.2) is 18.3 Å². The predicted molar refractivity (Wildman–Crippen MR) is 153 cm³/mol. The summed E-state index contributed by atoms with van der Waals surface area (Å²) in [5, 5.41) is 14.1. The number of morpholine rings is 1. The highest BCUT2D eigenvalue weighted by atomic mass is 19.4. The summed E-state index contributed by atoms with van der Waals surface area (Å²) in [7, 11) is 0. The van der Waals surface area contributed by atoms with Crippen molar-refractivity contribution in [1.82, 2.24) is 40.0 Å². The van der Waals surface area contributed by atoms with Gasteiger partial charge < -0.3 is 20.3 Å². The maximum atomic E-state index is 14.6. The number of aryl methyl sites for hydroxylation is 1. The Kier molecular flexibility index (Phi) is 8.87. The molecule has 3 aromatic rings. The minimum absolute atomic E-state index is 0.0996. The van der Waals surface area contributed by atoms with Gasteiger partial charge in [0, 0.05) is 57.6 Å². The average molecular weight is 654 g/mol. The Bertz CT molecular complexity index is 1570. The van der Waals surface area contributed by atoms with E-state index in [4.69, 9.17) is 9.72 Å². The molecule has 2 amide bonds. The third-order valence-corrected chi connectivity index (χ3v) is 9.06. The molecule has 17 heteroatoms. The minimum atomic E-state index is -4.46. The number of nitrogens with zero attached hydrogens (tertiary/aromatic N) is 7. The number of rotatable bonds is 8. The third-order valence-electron chi connectivity index (χ3n) is 9.06. The van der Waals surface area contributed by atoms with Crippen molar-refractivity contribution in [3.05, 3.63) is 35.5 Å². The Morgan fingerprint density at radius 2 is 2.02 bits per heavy atom. The standard InChI is InChI=1S/C29H36F5N9O3/c1-2-42-22(5-7-36-42)26(45)38-23(17-4-3-6-28(30,31)14-17)21-16-43-27(37-21)39-24(41-8-10-46-11-9-41)20(40-43)13-18-12-19(29(32,33)34)15-35-25(18)44/h5,7,16-19,23H,2-4,6,8-15H2,1H3,(H,35,44)(H,38,45)/t17-,18?,19+,23-/m0/s1. The van der Waals surface area contributed by atoms with Gasteiger partial charge in [-0.3, -0.25) is 14.3 Å². The molecule has 12 nitrogen and oxygen atoms in total. The molecule has 46 heavy (non-hydrogen) atoms. The normalized spacial score (nSPS) is 24.5. The van der Waals surface area contributed by atoms with E-state index in [2.05, 4.69) is 25.8 Å². The zero-order valence-corrected chi connectivity index (χ0v) is 25.3. The molecule has 4 atom stereocenters. The molecule has 1 saturated carbocycles. The Balaban J connectivity index is 1.37. The van der Waals surface area contributed by atoms with E-state index in [1.54, 1.807) is 6.07 Å². The summed E-state index contributed by atoms with van der Waals surface area (Å²) >= 11 is 0. The lowest BCUT2D eigenvalue weighted by Crippen LogP contribution is -2.47. The summed E-state index contributed by atoms with van der Waals surface area (Å²) in [6, 6.07) is 0.637. The van der Waals surface area contributed by atoms with Gasteiger partial charge in [-0.15, -0.1) is 0 Å². The van der Waals surface area contributed by atoms with Gasteiger partial charge >= 0.3 is 6.18 Å². The molecule has 1 unspecified atom stereocenters. The van der Waals surface area contributed by atoms with Crippen molar-refractivity contribution in [2.45, 2.75) is 70.1 Å². The first-order valence-corrected chi connectivity index (χ1v) is 15.6. The summed E-state index contributed by atoms with van der Waals surface area (Å²) in [6.45, 7) is 3.45. The summed E-state index contributed by atoms with van der Waals surface area (Å²) in [4.78, 5) is 37.3. The summed E-state index contributed by atoms with van der Waals surface area (Å²) in [5.74, 6) is -6.71. The second-order valence-electron chi connectivity index (χ2n) is 12.2. The van der Waals surface area contributed by atoms with E-state index in [-0.39, 0.29) is 42.8 Å². The van der Waals surface area contributed by atoms with Crippen LogP contribution in [0.3, 0.4) is 0 Å². The van der Waals surface area contributed by atoms with Crippen molar-refractivity contribution < 1.29 is 36.3 Å². The zero-order chi connectivity index (χ0) is 32.6. The van der Waals surface area contributed by atoms with Gasteiger partial charge in [-0.1, -0.05) is 0 Å². The van der Waals surface area contributed by atoms with Gasteiger partial charge in [0.1, 0.15) is 11.4 Å². The number of halogens is 5. The minimum Gasteiger partial charge on any atom is -0.378 e. The number of carbonyl (C=O) groups excluding carboxylic acids is 2. The number of aromatic nitrogens is 6. The molecule has 0 spiro atoms. The Labute approximate surface area is 261 Å². The highest BCUT2D eigenvalue weighted by Crippen LogP contribution is 2.42. The van der Waals surface area contributed by atoms with Crippen molar-refractivity contribution in [2.75, 3.05) is 37.7 Å². The van der Waals surface area contributed by atoms with E-state index in [9.17, 15) is 31.5 Å². The van der Waals surface area contributed by atoms with E-state index in [1.165, 1.54) is 21.6 Å². The van der Waals surface area contributed by atoms with Gasteiger partial charge in [0.05, 0.1) is 37.1 Å². The van der Waals surface area contributed by atoms with Crippen LogP contribution in [-0.2, 0) is 22.5 Å². The molecule has 0 bridgehead atoms. The predicted octanol–water partition coefficient (Wildman–Crippen LogP) is 3.33. The van der Waals surface area contributed by atoms with Crippen molar-refractivity contribution >= 4 is 23.4 Å². The lowest BCUT2D eigenvalue weighted by Gasteiger charge is -2.34. The molecule has 3 aromatic heterocycles. The maximum absolute atomic E-state index is 14.6. The number of hydrogen-bond donors (Lipinski definition) is 2. The lowest BCUT2D eigenvalue weighted by atomic mass is 9.80. The molecular weight excluding hydrogens is 617 g/mol. The van der Waals surface area contributed by atoms with Crippen LogP contribution in [0.1, 0.15) is 66.9 Å². The molecule has 6 rings (SSSR count). The Hall–Kier alpha value is -3.89. The SMILES string of the molecule is CCn1nccc1C(=O)N[C@H](c1cn2nc(CC3C[C@@H](C(F)(F)F)CNC3=O)c(N3CCOCC3)nc2n1)[C@H]1CCCC(F)(F)C1. The van der Waals surface area contributed by atoms with Crippen LogP contribution >= 0.6 is 0 Å². The fourth-order valence-corrected chi connectivity index (χ4v) is 6.65. The molecule has 3 fully saturated rings. The van der Waals surface area contributed by atoms with E-state index in [1.807, 2.05) is 11.8 Å².